The van der Waals surface area contributed by atoms with Crippen molar-refractivity contribution in [3.8, 4) is 0 Å². The van der Waals surface area contributed by atoms with Gasteiger partial charge in [-0.15, -0.1) is 0 Å². The second kappa shape index (κ2) is 8.87. The average molecular weight is 362 g/mol. The summed E-state index contributed by atoms with van der Waals surface area (Å²) >= 11 is 0. The molecule has 2 atom stereocenters. The number of β-amino-alcohol motifs (C(OH)–C–C–N with tert-alkyl or cyclic N) is 1. The summed E-state index contributed by atoms with van der Waals surface area (Å²) in [5.74, 6) is 1.07. The van der Waals surface area contributed by atoms with Crippen molar-refractivity contribution in [1.82, 2.24) is 14.7 Å². The maximum Gasteiger partial charge on any atom is 0.117 e. The second-order valence-electron chi connectivity index (χ2n) is 8.46. The summed E-state index contributed by atoms with van der Waals surface area (Å²) in [6.07, 6.45) is 10.5. The van der Waals surface area contributed by atoms with E-state index in [1.165, 1.54) is 51.6 Å². The quantitative estimate of drug-likeness (QED) is 0.893. The SMILES string of the molecule is O[C@@H]1CN(C2CCN(Cc3ccco3)CC2)CC[C@H]1N1CCCCCC1. The van der Waals surface area contributed by atoms with Gasteiger partial charge in [-0.1, -0.05) is 12.8 Å². The van der Waals surface area contributed by atoms with Crippen LogP contribution in [0.1, 0.15) is 50.7 Å². The van der Waals surface area contributed by atoms with Crippen molar-refractivity contribution < 1.29 is 9.52 Å². The van der Waals surface area contributed by atoms with Crippen LogP contribution in [0.4, 0.5) is 0 Å². The first kappa shape index (κ1) is 18.5. The number of hydrogen-bond donors (Lipinski definition) is 1. The Bertz CT molecular complexity index is 519. The van der Waals surface area contributed by atoms with Gasteiger partial charge in [-0.25, -0.2) is 0 Å². The van der Waals surface area contributed by atoms with Gasteiger partial charge >= 0.3 is 0 Å². The largest absolute Gasteiger partial charge is 0.468 e. The summed E-state index contributed by atoms with van der Waals surface area (Å²) in [5.41, 5.74) is 0. The molecule has 5 nitrogen and oxygen atoms in total. The molecule has 0 unspecified atom stereocenters. The van der Waals surface area contributed by atoms with Gasteiger partial charge in [0.1, 0.15) is 5.76 Å². The number of aliphatic hydroxyl groups excluding tert-OH is 1. The van der Waals surface area contributed by atoms with Crippen LogP contribution < -0.4 is 0 Å². The molecule has 0 amide bonds. The van der Waals surface area contributed by atoms with E-state index in [9.17, 15) is 5.11 Å². The molecule has 4 heterocycles. The molecular formula is C21H35N3O2. The summed E-state index contributed by atoms with van der Waals surface area (Å²) in [7, 11) is 0. The molecule has 0 spiro atoms. The third kappa shape index (κ3) is 4.50. The molecule has 1 aromatic rings. The van der Waals surface area contributed by atoms with E-state index in [2.05, 4.69) is 20.8 Å². The lowest BCUT2D eigenvalue weighted by Crippen LogP contribution is -2.57. The number of rotatable bonds is 4. The first-order valence-corrected chi connectivity index (χ1v) is 10.7. The predicted octanol–water partition coefficient (Wildman–Crippen LogP) is 2.56. The fourth-order valence-electron chi connectivity index (χ4n) is 5.19. The van der Waals surface area contributed by atoms with Gasteiger partial charge in [0, 0.05) is 38.3 Å². The number of aliphatic hydroxyl groups is 1. The fraction of sp³-hybridized carbons (Fsp3) is 0.810. The monoisotopic (exact) mass is 361 g/mol. The van der Waals surface area contributed by atoms with E-state index >= 15 is 0 Å². The van der Waals surface area contributed by atoms with Gasteiger partial charge in [-0.05, 0) is 57.3 Å². The highest BCUT2D eigenvalue weighted by Gasteiger charge is 2.35. The van der Waals surface area contributed by atoms with Crippen molar-refractivity contribution in [3.05, 3.63) is 24.2 Å². The molecule has 0 saturated carbocycles. The topological polar surface area (TPSA) is 43.1 Å². The summed E-state index contributed by atoms with van der Waals surface area (Å²) < 4.78 is 5.48. The van der Waals surface area contributed by atoms with Crippen molar-refractivity contribution in [2.24, 2.45) is 0 Å². The number of likely N-dealkylation sites (tertiary alicyclic amines) is 3. The Labute approximate surface area is 157 Å². The number of piperidine rings is 2. The normalized spacial score (nSPS) is 31.1. The molecule has 1 aromatic heterocycles. The lowest BCUT2D eigenvalue weighted by atomic mass is 9.95. The fourth-order valence-corrected chi connectivity index (χ4v) is 5.19. The molecule has 3 aliphatic heterocycles. The molecule has 3 saturated heterocycles. The Morgan fingerprint density at radius 2 is 1.69 bits per heavy atom. The van der Waals surface area contributed by atoms with E-state index in [0.29, 0.717) is 12.1 Å². The van der Waals surface area contributed by atoms with Gasteiger partial charge in [0.2, 0.25) is 0 Å². The van der Waals surface area contributed by atoms with E-state index in [1.807, 2.05) is 6.07 Å². The van der Waals surface area contributed by atoms with Gasteiger partial charge in [-0.3, -0.25) is 14.7 Å². The highest BCUT2D eigenvalue weighted by atomic mass is 16.3. The van der Waals surface area contributed by atoms with E-state index in [1.54, 1.807) is 6.26 Å². The lowest BCUT2D eigenvalue weighted by Gasteiger charge is -2.46. The van der Waals surface area contributed by atoms with Crippen molar-refractivity contribution in [3.63, 3.8) is 0 Å². The van der Waals surface area contributed by atoms with E-state index in [4.69, 9.17) is 4.42 Å². The number of furan rings is 1. The lowest BCUT2D eigenvalue weighted by molar-refractivity contribution is -0.0340. The first-order valence-electron chi connectivity index (χ1n) is 10.7. The molecule has 3 aliphatic rings. The first-order chi connectivity index (χ1) is 12.8. The van der Waals surface area contributed by atoms with Crippen molar-refractivity contribution in [2.75, 3.05) is 39.3 Å². The van der Waals surface area contributed by atoms with Crippen LogP contribution >= 0.6 is 0 Å². The third-order valence-electron chi connectivity index (χ3n) is 6.72. The zero-order valence-electron chi connectivity index (χ0n) is 16.1. The summed E-state index contributed by atoms with van der Waals surface area (Å²) in [6, 6.07) is 5.07. The Morgan fingerprint density at radius 1 is 0.923 bits per heavy atom. The van der Waals surface area contributed by atoms with Gasteiger partial charge < -0.3 is 9.52 Å². The summed E-state index contributed by atoms with van der Waals surface area (Å²) in [5, 5.41) is 10.8. The van der Waals surface area contributed by atoms with Crippen LogP contribution in [-0.4, -0.2) is 77.3 Å². The minimum Gasteiger partial charge on any atom is -0.468 e. The predicted molar refractivity (Wildman–Crippen MR) is 103 cm³/mol. The standard InChI is InChI=1S/C21H35N3O2/c25-21-17-24(14-9-20(21)23-10-3-1-2-4-11-23)18-7-12-22(13-8-18)16-19-6-5-15-26-19/h5-6,15,18,20-21,25H,1-4,7-14,16-17H2/t20-,21-/m1/s1. The Kier molecular flexibility index (Phi) is 6.31. The van der Waals surface area contributed by atoms with Crippen LogP contribution in [0, 0.1) is 0 Å². The maximum atomic E-state index is 10.8. The van der Waals surface area contributed by atoms with Crippen molar-refractivity contribution in [1.29, 1.82) is 0 Å². The van der Waals surface area contributed by atoms with Gasteiger partial charge in [0.05, 0.1) is 18.9 Å². The molecule has 1 N–H and O–H groups in total. The van der Waals surface area contributed by atoms with Crippen LogP contribution in [0.3, 0.4) is 0 Å². The second-order valence-corrected chi connectivity index (χ2v) is 8.46. The third-order valence-corrected chi connectivity index (χ3v) is 6.72. The highest BCUT2D eigenvalue weighted by Crippen LogP contribution is 2.26. The molecule has 4 rings (SSSR count). The smallest absolute Gasteiger partial charge is 0.117 e. The summed E-state index contributed by atoms with van der Waals surface area (Å²) in [6.45, 7) is 7.59. The molecule has 26 heavy (non-hydrogen) atoms. The molecule has 0 bridgehead atoms. The van der Waals surface area contributed by atoms with Crippen molar-refractivity contribution in [2.45, 2.75) is 69.7 Å². The van der Waals surface area contributed by atoms with Gasteiger partial charge in [0.25, 0.3) is 0 Å². The number of nitrogens with zero attached hydrogens (tertiary/aromatic N) is 3. The van der Waals surface area contributed by atoms with Crippen molar-refractivity contribution >= 4 is 0 Å². The van der Waals surface area contributed by atoms with Crippen LogP contribution in [-0.2, 0) is 6.54 Å². The molecule has 3 fully saturated rings. The van der Waals surface area contributed by atoms with Crippen LogP contribution in [0.25, 0.3) is 0 Å². The number of hydrogen-bond acceptors (Lipinski definition) is 5. The zero-order chi connectivity index (χ0) is 17.8. The highest BCUT2D eigenvalue weighted by molar-refractivity contribution is 4.99. The van der Waals surface area contributed by atoms with Crippen LogP contribution in [0.2, 0.25) is 0 Å². The van der Waals surface area contributed by atoms with Crippen LogP contribution in [0.15, 0.2) is 22.8 Å². The maximum absolute atomic E-state index is 10.8. The van der Waals surface area contributed by atoms with Crippen LogP contribution in [0.5, 0.6) is 0 Å². The Balaban J connectivity index is 1.24. The molecule has 5 heteroatoms. The van der Waals surface area contributed by atoms with Gasteiger partial charge in [0.15, 0.2) is 0 Å². The van der Waals surface area contributed by atoms with E-state index in [0.717, 1.165) is 44.9 Å². The molecular weight excluding hydrogens is 326 g/mol. The minimum absolute atomic E-state index is 0.178. The summed E-state index contributed by atoms with van der Waals surface area (Å²) in [4.78, 5) is 7.65. The molecule has 0 aliphatic carbocycles. The minimum atomic E-state index is -0.178. The van der Waals surface area contributed by atoms with Gasteiger partial charge in [-0.2, -0.15) is 0 Å². The average Bonchev–Trinajstić information content (AvgIpc) is 3.02. The molecule has 146 valence electrons. The Hall–Kier alpha value is -0.880. The zero-order valence-corrected chi connectivity index (χ0v) is 16.1. The van der Waals surface area contributed by atoms with E-state index in [-0.39, 0.29) is 6.10 Å². The molecule has 0 aromatic carbocycles. The van der Waals surface area contributed by atoms with E-state index < -0.39 is 0 Å². The molecule has 0 radical (unpaired) electrons. The Morgan fingerprint density at radius 3 is 2.35 bits per heavy atom.